The second-order valence-corrected chi connectivity index (χ2v) is 9.50. The molecule has 0 bridgehead atoms. The number of aliphatic imine (C=N–C) groups is 1. The van der Waals surface area contributed by atoms with Crippen LogP contribution in [0.4, 0.5) is 0 Å². The Bertz CT molecular complexity index is 555. The minimum absolute atomic E-state index is 0.0993. The van der Waals surface area contributed by atoms with E-state index in [1.807, 2.05) is 0 Å². The molecule has 1 aliphatic carbocycles. The summed E-state index contributed by atoms with van der Waals surface area (Å²) in [6, 6.07) is 0.619. The number of sulfonamides is 1. The first-order chi connectivity index (χ1) is 12.1. The van der Waals surface area contributed by atoms with Gasteiger partial charge in [-0.15, -0.1) is 0 Å². The average Bonchev–Trinajstić information content (AvgIpc) is 3.20. The lowest BCUT2D eigenvalue weighted by Gasteiger charge is -2.26. The zero-order chi connectivity index (χ0) is 17.7. The Kier molecular flexibility index (Phi) is 6.57. The lowest BCUT2D eigenvalue weighted by Crippen LogP contribution is -2.45. The van der Waals surface area contributed by atoms with Crippen molar-refractivity contribution in [3.8, 4) is 0 Å². The highest BCUT2D eigenvalue weighted by Gasteiger charge is 2.30. The Morgan fingerprint density at radius 3 is 2.52 bits per heavy atom. The number of guanidine groups is 1. The summed E-state index contributed by atoms with van der Waals surface area (Å²) in [6.45, 7) is 5.42. The summed E-state index contributed by atoms with van der Waals surface area (Å²) in [7, 11) is -1.43. The molecule has 25 heavy (non-hydrogen) atoms. The maximum Gasteiger partial charge on any atom is 0.213 e. The molecular weight excluding hydrogens is 338 g/mol. The lowest BCUT2D eigenvalue weighted by molar-refractivity contribution is 0.249. The second-order valence-electron chi connectivity index (χ2n) is 7.57. The lowest BCUT2D eigenvalue weighted by atomic mass is 9.86. The van der Waals surface area contributed by atoms with Crippen LogP contribution in [0.5, 0.6) is 0 Å². The monoisotopic (exact) mass is 371 g/mol. The predicted molar refractivity (Wildman–Crippen MR) is 101 cm³/mol. The van der Waals surface area contributed by atoms with Crippen LogP contribution in [-0.4, -0.2) is 82.3 Å². The van der Waals surface area contributed by atoms with Gasteiger partial charge >= 0.3 is 0 Å². The van der Waals surface area contributed by atoms with E-state index in [1.54, 1.807) is 7.05 Å². The zero-order valence-electron chi connectivity index (χ0n) is 15.4. The van der Waals surface area contributed by atoms with Crippen molar-refractivity contribution < 1.29 is 8.42 Å². The summed E-state index contributed by atoms with van der Waals surface area (Å²) in [6.07, 6.45) is 7.34. The van der Waals surface area contributed by atoms with E-state index >= 15 is 0 Å². The molecule has 1 unspecified atom stereocenters. The molecule has 8 heteroatoms. The fourth-order valence-electron chi connectivity index (χ4n) is 3.98. The van der Waals surface area contributed by atoms with E-state index in [1.165, 1.54) is 38.8 Å². The highest BCUT2D eigenvalue weighted by Crippen LogP contribution is 2.25. The van der Waals surface area contributed by atoms with Crippen molar-refractivity contribution in [3.63, 3.8) is 0 Å². The van der Waals surface area contributed by atoms with Crippen molar-refractivity contribution in [2.24, 2.45) is 10.9 Å². The van der Waals surface area contributed by atoms with Crippen LogP contribution < -0.4 is 10.0 Å². The molecule has 1 saturated carbocycles. The van der Waals surface area contributed by atoms with Crippen molar-refractivity contribution in [1.82, 2.24) is 19.8 Å². The van der Waals surface area contributed by atoms with E-state index in [0.29, 0.717) is 25.0 Å². The predicted octanol–water partition coefficient (Wildman–Crippen LogP) is 0.451. The van der Waals surface area contributed by atoms with Gasteiger partial charge in [0.25, 0.3) is 0 Å². The van der Waals surface area contributed by atoms with E-state index in [9.17, 15) is 8.42 Å². The second kappa shape index (κ2) is 8.68. The number of hydrogen-bond acceptors (Lipinski definition) is 4. The molecule has 7 nitrogen and oxygen atoms in total. The van der Waals surface area contributed by atoms with Crippen LogP contribution in [-0.2, 0) is 10.0 Å². The molecule has 0 amide bonds. The highest BCUT2D eigenvalue weighted by molar-refractivity contribution is 7.89. The van der Waals surface area contributed by atoms with Crippen molar-refractivity contribution in [2.75, 3.05) is 52.1 Å². The van der Waals surface area contributed by atoms with Gasteiger partial charge < -0.3 is 10.2 Å². The number of nitrogens with one attached hydrogen (secondary N) is 2. The van der Waals surface area contributed by atoms with Gasteiger partial charge in [0.2, 0.25) is 10.0 Å². The topological polar surface area (TPSA) is 77.0 Å². The van der Waals surface area contributed by atoms with Gasteiger partial charge in [-0.1, -0.05) is 6.42 Å². The van der Waals surface area contributed by atoms with Crippen molar-refractivity contribution in [3.05, 3.63) is 0 Å². The minimum Gasteiger partial charge on any atom is -0.355 e. The van der Waals surface area contributed by atoms with Crippen LogP contribution in [0.1, 0.15) is 38.5 Å². The summed E-state index contributed by atoms with van der Waals surface area (Å²) >= 11 is 0. The van der Waals surface area contributed by atoms with Gasteiger partial charge in [-0.3, -0.25) is 9.89 Å². The maximum absolute atomic E-state index is 12.1. The Balaban J connectivity index is 1.38. The van der Waals surface area contributed by atoms with Crippen LogP contribution in [0.3, 0.4) is 0 Å². The van der Waals surface area contributed by atoms with Crippen molar-refractivity contribution in [2.45, 2.75) is 44.6 Å². The normalized spacial score (nSPS) is 26.2. The first kappa shape index (κ1) is 18.9. The summed E-state index contributed by atoms with van der Waals surface area (Å²) in [5, 5.41) is 3.23. The third kappa shape index (κ3) is 5.31. The molecule has 1 atom stereocenters. The molecule has 2 N–H and O–H groups in total. The van der Waals surface area contributed by atoms with Crippen LogP contribution in [0.25, 0.3) is 0 Å². The van der Waals surface area contributed by atoms with Crippen molar-refractivity contribution in [1.29, 1.82) is 0 Å². The maximum atomic E-state index is 12.1. The Morgan fingerprint density at radius 2 is 1.88 bits per heavy atom. The van der Waals surface area contributed by atoms with Gasteiger partial charge in [0.05, 0.1) is 5.75 Å². The van der Waals surface area contributed by atoms with Gasteiger partial charge in [0.1, 0.15) is 0 Å². The Hall–Kier alpha value is -0.860. The minimum atomic E-state index is -3.20. The molecule has 3 fully saturated rings. The third-order valence-electron chi connectivity index (χ3n) is 5.80. The van der Waals surface area contributed by atoms with E-state index in [2.05, 4.69) is 24.8 Å². The van der Waals surface area contributed by atoms with Gasteiger partial charge in [0, 0.05) is 39.3 Å². The van der Waals surface area contributed by atoms with Gasteiger partial charge in [-0.05, 0) is 51.1 Å². The summed E-state index contributed by atoms with van der Waals surface area (Å²) in [5.41, 5.74) is 0. The van der Waals surface area contributed by atoms with Crippen LogP contribution >= 0.6 is 0 Å². The smallest absolute Gasteiger partial charge is 0.213 e. The largest absolute Gasteiger partial charge is 0.355 e. The van der Waals surface area contributed by atoms with Crippen molar-refractivity contribution >= 4 is 16.0 Å². The molecule has 0 aromatic heterocycles. The van der Waals surface area contributed by atoms with Gasteiger partial charge in [-0.2, -0.15) is 0 Å². The molecule has 0 spiro atoms. The molecule has 2 saturated heterocycles. The average molecular weight is 372 g/mol. The number of nitrogens with zero attached hydrogens (tertiary/aromatic N) is 3. The van der Waals surface area contributed by atoms with Crippen LogP contribution in [0.2, 0.25) is 0 Å². The number of hydrogen-bond donors (Lipinski definition) is 2. The summed E-state index contributed by atoms with van der Waals surface area (Å²) in [4.78, 5) is 9.19. The molecule has 0 radical (unpaired) electrons. The first-order valence-corrected chi connectivity index (χ1v) is 11.4. The van der Waals surface area contributed by atoms with Crippen LogP contribution in [0, 0.1) is 5.92 Å². The number of rotatable bonds is 7. The Labute approximate surface area is 152 Å². The van der Waals surface area contributed by atoms with Gasteiger partial charge in [0.15, 0.2) is 5.96 Å². The zero-order valence-corrected chi connectivity index (χ0v) is 16.2. The van der Waals surface area contributed by atoms with E-state index in [-0.39, 0.29) is 5.75 Å². The molecule has 2 aliphatic heterocycles. The molecule has 144 valence electrons. The molecule has 0 aromatic carbocycles. The fraction of sp³-hybridized carbons (Fsp3) is 0.941. The summed E-state index contributed by atoms with van der Waals surface area (Å²) in [5.74, 6) is 1.47. The summed E-state index contributed by atoms with van der Waals surface area (Å²) < 4.78 is 26.9. The third-order valence-corrected chi connectivity index (χ3v) is 7.15. The quantitative estimate of drug-likeness (QED) is 0.502. The van der Waals surface area contributed by atoms with Gasteiger partial charge in [-0.25, -0.2) is 13.1 Å². The number of likely N-dealkylation sites (tertiary alicyclic amines) is 2. The standard InChI is InChI=1S/C17H33N5O2S/c1-18-17(22-11-7-16(14-22)21-9-2-3-10-21)19-8-12-25(23,24)20-13-15-5-4-6-15/h15-16,20H,2-14H2,1H3,(H,18,19). The molecule has 3 aliphatic rings. The van der Waals surface area contributed by atoms with Crippen LogP contribution in [0.15, 0.2) is 4.99 Å². The van der Waals surface area contributed by atoms with E-state index in [0.717, 1.165) is 31.9 Å². The first-order valence-electron chi connectivity index (χ1n) is 9.74. The SMILES string of the molecule is CN=C(NCCS(=O)(=O)NCC1CCC1)N1CCC(N2CCCC2)C1. The highest BCUT2D eigenvalue weighted by atomic mass is 32.2. The fourth-order valence-corrected chi connectivity index (χ4v) is 4.99. The molecular formula is C17H33N5O2S. The van der Waals surface area contributed by atoms with E-state index in [4.69, 9.17) is 0 Å². The molecule has 0 aromatic rings. The van der Waals surface area contributed by atoms with E-state index < -0.39 is 10.0 Å². The Morgan fingerprint density at radius 1 is 1.12 bits per heavy atom. The molecule has 2 heterocycles. The molecule has 3 rings (SSSR count).